The van der Waals surface area contributed by atoms with Crippen molar-refractivity contribution in [3.63, 3.8) is 0 Å². The highest BCUT2D eigenvalue weighted by Gasteiger charge is 2.15. The number of hydrogen-bond acceptors (Lipinski definition) is 2. The zero-order chi connectivity index (χ0) is 11.5. The maximum absolute atomic E-state index is 12.4. The van der Waals surface area contributed by atoms with E-state index in [2.05, 4.69) is 0 Å². The van der Waals surface area contributed by atoms with Gasteiger partial charge in [0.25, 0.3) is 6.43 Å². The van der Waals surface area contributed by atoms with Crippen LogP contribution in [0.25, 0.3) is 0 Å². The molecule has 0 bridgehead atoms. The number of hydrogen-bond donors (Lipinski definition) is 1. The van der Waals surface area contributed by atoms with Crippen molar-refractivity contribution in [2.24, 2.45) is 0 Å². The SMILES string of the molecule is OC(c1cccc(C(F)F)c1)c1ccco1. The van der Waals surface area contributed by atoms with E-state index in [9.17, 15) is 13.9 Å². The summed E-state index contributed by atoms with van der Waals surface area (Å²) in [5.74, 6) is 0.339. The van der Waals surface area contributed by atoms with Crippen LogP contribution >= 0.6 is 0 Å². The Morgan fingerprint density at radius 1 is 1.06 bits per heavy atom. The minimum Gasteiger partial charge on any atom is -0.466 e. The Morgan fingerprint density at radius 2 is 1.81 bits per heavy atom. The first-order chi connectivity index (χ1) is 7.68. The minimum absolute atomic E-state index is 0.108. The normalized spacial score (nSPS) is 13.0. The number of aliphatic hydroxyl groups is 1. The third kappa shape index (κ3) is 2.12. The van der Waals surface area contributed by atoms with Crippen LogP contribution in [-0.2, 0) is 0 Å². The van der Waals surface area contributed by atoms with Gasteiger partial charge in [-0.2, -0.15) is 0 Å². The predicted molar refractivity (Wildman–Crippen MR) is 54.2 cm³/mol. The van der Waals surface area contributed by atoms with Gasteiger partial charge in [0.05, 0.1) is 6.26 Å². The molecule has 0 saturated carbocycles. The maximum atomic E-state index is 12.4. The molecule has 2 aromatic rings. The molecule has 2 rings (SSSR count). The summed E-state index contributed by atoms with van der Waals surface area (Å²) in [4.78, 5) is 0. The predicted octanol–water partition coefficient (Wildman–Crippen LogP) is 3.30. The van der Waals surface area contributed by atoms with Crippen molar-refractivity contribution in [1.29, 1.82) is 0 Å². The molecule has 0 saturated heterocycles. The first-order valence-electron chi connectivity index (χ1n) is 4.78. The highest BCUT2D eigenvalue weighted by Crippen LogP contribution is 2.26. The Kier molecular flexibility index (Phi) is 3.01. The van der Waals surface area contributed by atoms with Crippen molar-refractivity contribution in [2.75, 3.05) is 0 Å². The molecule has 0 aliphatic rings. The summed E-state index contributed by atoms with van der Waals surface area (Å²) < 4.78 is 29.9. The summed E-state index contributed by atoms with van der Waals surface area (Å²) >= 11 is 0. The zero-order valence-electron chi connectivity index (χ0n) is 8.31. The highest BCUT2D eigenvalue weighted by atomic mass is 19.3. The largest absolute Gasteiger partial charge is 0.466 e. The van der Waals surface area contributed by atoms with Crippen molar-refractivity contribution in [2.45, 2.75) is 12.5 Å². The first-order valence-corrected chi connectivity index (χ1v) is 4.78. The lowest BCUT2D eigenvalue weighted by atomic mass is 10.0. The van der Waals surface area contributed by atoms with E-state index in [-0.39, 0.29) is 5.56 Å². The van der Waals surface area contributed by atoms with Crippen molar-refractivity contribution >= 4 is 0 Å². The van der Waals surface area contributed by atoms with Gasteiger partial charge in [-0.25, -0.2) is 8.78 Å². The molecule has 4 heteroatoms. The van der Waals surface area contributed by atoms with E-state index in [1.54, 1.807) is 18.2 Å². The molecule has 1 unspecified atom stereocenters. The van der Waals surface area contributed by atoms with Crippen LogP contribution in [0.3, 0.4) is 0 Å². The average molecular weight is 224 g/mol. The van der Waals surface area contributed by atoms with E-state index in [0.717, 1.165) is 0 Å². The summed E-state index contributed by atoms with van der Waals surface area (Å²) in [7, 11) is 0. The van der Waals surface area contributed by atoms with Crippen LogP contribution in [0.2, 0.25) is 0 Å². The Hall–Kier alpha value is -1.68. The standard InChI is InChI=1S/C12H10F2O2/c13-12(14)9-4-1-3-8(7-9)11(15)10-5-2-6-16-10/h1-7,11-12,15H. The van der Waals surface area contributed by atoms with Gasteiger partial charge < -0.3 is 9.52 Å². The maximum Gasteiger partial charge on any atom is 0.263 e. The molecule has 2 nitrogen and oxygen atoms in total. The fourth-order valence-corrected chi connectivity index (χ4v) is 1.48. The van der Waals surface area contributed by atoms with E-state index in [1.165, 1.54) is 24.5 Å². The highest BCUT2D eigenvalue weighted by molar-refractivity contribution is 5.29. The third-order valence-corrected chi connectivity index (χ3v) is 2.29. The molecule has 1 atom stereocenters. The van der Waals surface area contributed by atoms with Crippen LogP contribution in [-0.4, -0.2) is 5.11 Å². The van der Waals surface area contributed by atoms with E-state index < -0.39 is 12.5 Å². The van der Waals surface area contributed by atoms with Crippen molar-refractivity contribution in [1.82, 2.24) is 0 Å². The molecule has 0 amide bonds. The summed E-state index contributed by atoms with van der Waals surface area (Å²) in [5, 5.41) is 9.85. The molecule has 16 heavy (non-hydrogen) atoms. The van der Waals surface area contributed by atoms with Gasteiger partial charge in [-0.05, 0) is 23.8 Å². The second-order valence-corrected chi connectivity index (χ2v) is 3.39. The molecule has 1 N–H and O–H groups in total. The number of alkyl halides is 2. The second-order valence-electron chi connectivity index (χ2n) is 3.39. The van der Waals surface area contributed by atoms with Gasteiger partial charge in [-0.1, -0.05) is 18.2 Å². The summed E-state index contributed by atoms with van der Waals surface area (Å²) in [6.07, 6.45) is -2.12. The lowest BCUT2D eigenvalue weighted by molar-refractivity contribution is 0.150. The molecule has 0 radical (unpaired) electrons. The topological polar surface area (TPSA) is 33.4 Å². The van der Waals surface area contributed by atoms with E-state index >= 15 is 0 Å². The number of aliphatic hydroxyl groups excluding tert-OH is 1. The van der Waals surface area contributed by atoms with Crippen LogP contribution in [0.5, 0.6) is 0 Å². The molecule has 1 aromatic heterocycles. The summed E-state index contributed by atoms with van der Waals surface area (Å²) in [5.41, 5.74) is 0.288. The van der Waals surface area contributed by atoms with Gasteiger partial charge in [0.15, 0.2) is 0 Å². The minimum atomic E-state index is -2.54. The third-order valence-electron chi connectivity index (χ3n) is 2.29. The fourth-order valence-electron chi connectivity index (χ4n) is 1.48. The van der Waals surface area contributed by atoms with Crippen LogP contribution in [0, 0.1) is 0 Å². The lowest BCUT2D eigenvalue weighted by Crippen LogP contribution is -1.99. The van der Waals surface area contributed by atoms with Crippen LogP contribution in [0.4, 0.5) is 8.78 Å². The van der Waals surface area contributed by atoms with Crippen molar-refractivity contribution in [3.8, 4) is 0 Å². The number of furan rings is 1. The molecule has 0 fully saturated rings. The molecule has 0 spiro atoms. The molecule has 0 aliphatic heterocycles. The first kappa shape index (κ1) is 10.8. The quantitative estimate of drug-likeness (QED) is 0.867. The zero-order valence-corrected chi connectivity index (χ0v) is 8.31. The van der Waals surface area contributed by atoms with Crippen molar-refractivity contribution in [3.05, 3.63) is 59.5 Å². The van der Waals surface area contributed by atoms with E-state index in [0.29, 0.717) is 11.3 Å². The molecule has 1 heterocycles. The van der Waals surface area contributed by atoms with Gasteiger partial charge in [0.1, 0.15) is 11.9 Å². The summed E-state index contributed by atoms with van der Waals surface area (Å²) in [6, 6.07) is 8.90. The smallest absolute Gasteiger partial charge is 0.263 e. The molecule has 0 aliphatic carbocycles. The number of benzene rings is 1. The average Bonchev–Trinajstić information content (AvgIpc) is 2.81. The van der Waals surface area contributed by atoms with Crippen LogP contribution in [0.15, 0.2) is 47.1 Å². The molecular weight excluding hydrogens is 214 g/mol. The van der Waals surface area contributed by atoms with Gasteiger partial charge in [0.2, 0.25) is 0 Å². The Bertz CT molecular complexity index is 452. The lowest BCUT2D eigenvalue weighted by Gasteiger charge is -2.09. The van der Waals surface area contributed by atoms with Crippen molar-refractivity contribution < 1.29 is 18.3 Å². The van der Waals surface area contributed by atoms with Gasteiger partial charge in [-0.3, -0.25) is 0 Å². The molecule has 84 valence electrons. The molecule has 1 aromatic carbocycles. The van der Waals surface area contributed by atoms with E-state index in [4.69, 9.17) is 4.42 Å². The Morgan fingerprint density at radius 3 is 2.44 bits per heavy atom. The Labute approximate surface area is 91.1 Å². The van der Waals surface area contributed by atoms with Gasteiger partial charge in [-0.15, -0.1) is 0 Å². The van der Waals surface area contributed by atoms with Gasteiger partial charge in [0, 0.05) is 5.56 Å². The molecular formula is C12H10F2O2. The van der Waals surface area contributed by atoms with E-state index in [1.807, 2.05) is 0 Å². The second kappa shape index (κ2) is 4.45. The Balaban J connectivity index is 2.30. The summed E-state index contributed by atoms with van der Waals surface area (Å²) in [6.45, 7) is 0. The van der Waals surface area contributed by atoms with Crippen LogP contribution in [0.1, 0.15) is 29.4 Å². The van der Waals surface area contributed by atoms with Crippen LogP contribution < -0.4 is 0 Å². The van der Waals surface area contributed by atoms with Gasteiger partial charge >= 0.3 is 0 Å². The number of rotatable bonds is 3. The monoisotopic (exact) mass is 224 g/mol. The fraction of sp³-hybridized carbons (Fsp3) is 0.167. The number of halogens is 2.